The zero-order chi connectivity index (χ0) is 6.69. The number of alkyl halides is 1. The van der Waals surface area contributed by atoms with Crippen molar-refractivity contribution in [3.05, 3.63) is 0 Å². The van der Waals surface area contributed by atoms with Crippen LogP contribution in [0.4, 0.5) is 0 Å². The summed E-state index contributed by atoms with van der Waals surface area (Å²) in [4.78, 5) is 0. The summed E-state index contributed by atoms with van der Waals surface area (Å²) in [6, 6.07) is 0. The molecule has 0 aromatic carbocycles. The molecule has 3 heteroatoms. The van der Waals surface area contributed by atoms with Gasteiger partial charge in [0.05, 0.1) is 0 Å². The van der Waals surface area contributed by atoms with Crippen LogP contribution in [0.2, 0.25) is 0 Å². The van der Waals surface area contributed by atoms with E-state index in [0.29, 0.717) is 0 Å². The molecule has 1 heterocycles. The summed E-state index contributed by atoms with van der Waals surface area (Å²) in [5, 5.41) is 1.09. The predicted octanol–water partition coefficient (Wildman–Crippen LogP) is 1.54. The zero-order valence-electron chi connectivity index (χ0n) is 5.31. The van der Waals surface area contributed by atoms with Gasteiger partial charge in [-0.3, -0.25) is 0 Å². The van der Waals surface area contributed by atoms with Gasteiger partial charge in [0, 0.05) is 5.33 Å². The maximum atomic E-state index is 10.8. The summed E-state index contributed by atoms with van der Waals surface area (Å²) < 4.78 is 10.8. The largest absolute Gasteiger partial charge is 0.616 e. The van der Waals surface area contributed by atoms with E-state index in [4.69, 9.17) is 0 Å². The van der Waals surface area contributed by atoms with Gasteiger partial charge in [0.15, 0.2) is 0 Å². The topological polar surface area (TPSA) is 23.1 Å². The normalized spacial score (nSPS) is 36.7. The van der Waals surface area contributed by atoms with Crippen LogP contribution in [-0.4, -0.2) is 21.4 Å². The molecule has 1 aliphatic heterocycles. The Labute approximate surface area is 67.5 Å². The highest BCUT2D eigenvalue weighted by Gasteiger charge is 2.20. The number of halogens is 1. The lowest BCUT2D eigenvalue weighted by atomic mass is 10.1. The SMILES string of the molecule is [O-][S+]1CCC(CBr)CC1. The van der Waals surface area contributed by atoms with E-state index in [2.05, 4.69) is 15.9 Å². The maximum absolute atomic E-state index is 10.8. The van der Waals surface area contributed by atoms with E-state index in [1.807, 2.05) is 0 Å². The third kappa shape index (κ3) is 2.48. The van der Waals surface area contributed by atoms with Crippen LogP contribution in [-0.2, 0) is 11.2 Å². The first kappa shape index (κ1) is 7.89. The van der Waals surface area contributed by atoms with Crippen LogP contribution in [0.15, 0.2) is 0 Å². The molecule has 0 saturated carbocycles. The number of hydrogen-bond acceptors (Lipinski definition) is 1. The van der Waals surface area contributed by atoms with Gasteiger partial charge in [0.25, 0.3) is 0 Å². The van der Waals surface area contributed by atoms with Gasteiger partial charge in [0.1, 0.15) is 11.5 Å². The van der Waals surface area contributed by atoms with Gasteiger partial charge in [-0.05, 0) is 18.8 Å². The van der Waals surface area contributed by atoms with Crippen molar-refractivity contribution >= 4 is 27.1 Å². The van der Waals surface area contributed by atoms with E-state index >= 15 is 0 Å². The fraction of sp³-hybridized carbons (Fsp3) is 1.00. The quantitative estimate of drug-likeness (QED) is 0.476. The molecular weight excluding hydrogens is 200 g/mol. The number of hydrogen-bond donors (Lipinski definition) is 0. The van der Waals surface area contributed by atoms with Gasteiger partial charge in [-0.2, -0.15) is 0 Å². The lowest BCUT2D eigenvalue weighted by molar-refractivity contribution is 0.508. The van der Waals surface area contributed by atoms with Gasteiger partial charge in [0.2, 0.25) is 0 Å². The van der Waals surface area contributed by atoms with E-state index in [9.17, 15) is 4.55 Å². The van der Waals surface area contributed by atoms with Crippen molar-refractivity contribution in [3.63, 3.8) is 0 Å². The van der Waals surface area contributed by atoms with E-state index in [1.54, 1.807) is 0 Å². The smallest absolute Gasteiger partial charge is 0.105 e. The second-order valence-electron chi connectivity index (χ2n) is 2.45. The standard InChI is InChI=1S/C6H11BrOS/c7-5-6-1-3-9(8)4-2-6/h6H,1-5H2. The second kappa shape index (κ2) is 3.84. The zero-order valence-corrected chi connectivity index (χ0v) is 7.71. The monoisotopic (exact) mass is 210 g/mol. The Hall–Kier alpha value is 0.790. The molecule has 0 spiro atoms. The minimum Gasteiger partial charge on any atom is -0.616 e. The molecule has 0 atom stereocenters. The van der Waals surface area contributed by atoms with Crippen LogP contribution < -0.4 is 0 Å². The van der Waals surface area contributed by atoms with Crippen LogP contribution in [0, 0.1) is 5.92 Å². The molecule has 9 heavy (non-hydrogen) atoms. The van der Waals surface area contributed by atoms with Crippen LogP contribution >= 0.6 is 15.9 Å². The van der Waals surface area contributed by atoms with Crippen LogP contribution in [0.5, 0.6) is 0 Å². The van der Waals surface area contributed by atoms with Gasteiger partial charge in [-0.1, -0.05) is 27.1 Å². The summed E-state index contributed by atoms with van der Waals surface area (Å²) in [7, 11) is 0. The highest BCUT2D eigenvalue weighted by atomic mass is 79.9. The van der Waals surface area contributed by atoms with Gasteiger partial charge >= 0.3 is 0 Å². The van der Waals surface area contributed by atoms with E-state index in [1.165, 1.54) is 0 Å². The Kier molecular flexibility index (Phi) is 3.37. The van der Waals surface area contributed by atoms with Crippen molar-refractivity contribution in [2.75, 3.05) is 16.8 Å². The van der Waals surface area contributed by atoms with Crippen molar-refractivity contribution in [3.8, 4) is 0 Å². The molecule has 54 valence electrons. The number of rotatable bonds is 1. The molecular formula is C6H11BrOS. The molecule has 1 rings (SSSR count). The van der Waals surface area contributed by atoms with E-state index in [0.717, 1.165) is 35.6 Å². The highest BCUT2D eigenvalue weighted by Crippen LogP contribution is 2.19. The molecule has 0 unspecified atom stereocenters. The summed E-state index contributed by atoms with van der Waals surface area (Å²) >= 11 is 2.95. The molecule has 0 bridgehead atoms. The van der Waals surface area contributed by atoms with Crippen molar-refractivity contribution in [2.45, 2.75) is 12.8 Å². The first-order valence-electron chi connectivity index (χ1n) is 3.24. The molecule has 1 nitrogen and oxygen atoms in total. The van der Waals surface area contributed by atoms with Gasteiger partial charge in [-0.15, -0.1) is 0 Å². The molecule has 1 fully saturated rings. The molecule has 0 N–H and O–H groups in total. The van der Waals surface area contributed by atoms with Crippen LogP contribution in [0.1, 0.15) is 12.8 Å². The van der Waals surface area contributed by atoms with Crippen molar-refractivity contribution < 1.29 is 4.55 Å². The minimum absolute atomic E-state index is 0.483. The molecule has 0 radical (unpaired) electrons. The van der Waals surface area contributed by atoms with Gasteiger partial charge in [-0.25, -0.2) is 0 Å². The van der Waals surface area contributed by atoms with E-state index < -0.39 is 11.2 Å². The Balaban J connectivity index is 2.18. The minimum atomic E-state index is -0.483. The summed E-state index contributed by atoms with van der Waals surface area (Å²) in [5.74, 6) is 2.65. The average molecular weight is 211 g/mol. The predicted molar refractivity (Wildman–Crippen MR) is 44.4 cm³/mol. The second-order valence-corrected chi connectivity index (χ2v) is 4.79. The third-order valence-electron chi connectivity index (χ3n) is 1.73. The van der Waals surface area contributed by atoms with Crippen molar-refractivity contribution in [1.82, 2.24) is 0 Å². The lowest BCUT2D eigenvalue weighted by Gasteiger charge is -2.22. The first-order chi connectivity index (χ1) is 4.33. The Morgan fingerprint density at radius 2 is 2.00 bits per heavy atom. The average Bonchev–Trinajstić information content (AvgIpc) is 1.90. The Morgan fingerprint density at radius 3 is 2.44 bits per heavy atom. The molecule has 0 aromatic rings. The van der Waals surface area contributed by atoms with Crippen molar-refractivity contribution in [1.29, 1.82) is 0 Å². The Bertz CT molecular complexity index is 81.1. The van der Waals surface area contributed by atoms with Crippen LogP contribution in [0.25, 0.3) is 0 Å². The van der Waals surface area contributed by atoms with E-state index in [-0.39, 0.29) is 0 Å². The molecule has 1 saturated heterocycles. The lowest BCUT2D eigenvalue weighted by Crippen LogP contribution is -2.23. The summed E-state index contributed by atoms with van der Waals surface area (Å²) in [6.07, 6.45) is 2.30. The van der Waals surface area contributed by atoms with Gasteiger partial charge < -0.3 is 4.55 Å². The maximum Gasteiger partial charge on any atom is 0.105 e. The Morgan fingerprint density at radius 1 is 1.44 bits per heavy atom. The third-order valence-corrected chi connectivity index (χ3v) is 4.02. The van der Waals surface area contributed by atoms with Crippen LogP contribution in [0.3, 0.4) is 0 Å². The fourth-order valence-corrected chi connectivity index (χ4v) is 3.04. The summed E-state index contributed by atoms with van der Waals surface area (Å²) in [6.45, 7) is 0. The molecule has 0 aromatic heterocycles. The highest BCUT2D eigenvalue weighted by molar-refractivity contribution is 9.09. The molecule has 0 aliphatic carbocycles. The first-order valence-corrected chi connectivity index (χ1v) is 5.85. The summed E-state index contributed by atoms with van der Waals surface area (Å²) in [5.41, 5.74) is 0. The fourth-order valence-electron chi connectivity index (χ4n) is 0.997. The molecule has 1 aliphatic rings. The molecule has 0 amide bonds. The van der Waals surface area contributed by atoms with Crippen molar-refractivity contribution in [2.24, 2.45) is 5.92 Å².